The van der Waals surface area contributed by atoms with Crippen molar-refractivity contribution in [3.05, 3.63) is 84.0 Å². The van der Waals surface area contributed by atoms with E-state index in [1.54, 1.807) is 57.6 Å². The Morgan fingerprint density at radius 3 is 2.37 bits per heavy atom. The first-order valence-corrected chi connectivity index (χ1v) is 13.3. The molecule has 1 amide bonds. The van der Waals surface area contributed by atoms with Gasteiger partial charge in [0.25, 0.3) is 0 Å². The lowest BCUT2D eigenvalue weighted by Crippen LogP contribution is -2.27. The number of rotatable bonds is 11. The molecule has 1 aromatic heterocycles. The van der Waals surface area contributed by atoms with Crippen molar-refractivity contribution in [1.29, 1.82) is 5.26 Å². The predicted octanol–water partition coefficient (Wildman–Crippen LogP) is 4.94. The number of nitrogens with one attached hydrogen (secondary N) is 1. The standard InChI is InChI=1S/C22H21N3O3.C5H10NO3P/c1-16-14-25(15-24-16)19-10-8-17(12-21(19)28-2)9-11-22(27)23-13-20(26)18-6-4-3-5-7-18;1-3-8-10(7,5-6)9-4-2/h3-12,14-15H,13H2,1-2H3,(H,23,27);3-4H2,1-2H3/b11-9+;. The number of ketones is 1. The number of nitrogens with zero attached hydrogens (tertiary/aromatic N) is 3. The average molecular weight is 539 g/mol. The topological polar surface area (TPSA) is 133 Å². The summed E-state index contributed by atoms with van der Waals surface area (Å²) in [7, 11) is -1.80. The van der Waals surface area contributed by atoms with Gasteiger partial charge in [-0.15, -0.1) is 0 Å². The number of hydrogen-bond acceptors (Lipinski definition) is 8. The van der Waals surface area contributed by atoms with Gasteiger partial charge in [0.15, 0.2) is 11.6 Å². The molecule has 0 atom stereocenters. The van der Waals surface area contributed by atoms with Gasteiger partial charge >= 0.3 is 7.60 Å². The molecular formula is C27H31N4O6P. The lowest BCUT2D eigenvalue weighted by Gasteiger charge is -2.10. The summed E-state index contributed by atoms with van der Waals surface area (Å²) in [6.07, 6.45) is 6.70. The summed E-state index contributed by atoms with van der Waals surface area (Å²) in [6, 6.07) is 14.5. The minimum atomic E-state index is -3.39. The van der Waals surface area contributed by atoms with Crippen LogP contribution < -0.4 is 10.1 Å². The molecule has 0 radical (unpaired) electrons. The Labute approximate surface area is 222 Å². The van der Waals surface area contributed by atoms with Crippen molar-refractivity contribution in [1.82, 2.24) is 14.9 Å². The summed E-state index contributed by atoms with van der Waals surface area (Å²) in [6.45, 7) is 5.64. The normalized spacial score (nSPS) is 10.8. The highest BCUT2D eigenvalue weighted by Crippen LogP contribution is 2.46. The van der Waals surface area contributed by atoms with Gasteiger partial charge in [-0.1, -0.05) is 36.4 Å². The van der Waals surface area contributed by atoms with Gasteiger partial charge in [0, 0.05) is 17.8 Å². The van der Waals surface area contributed by atoms with Gasteiger partial charge < -0.3 is 14.6 Å². The lowest BCUT2D eigenvalue weighted by molar-refractivity contribution is -0.116. The van der Waals surface area contributed by atoms with E-state index in [1.165, 1.54) is 11.9 Å². The van der Waals surface area contributed by atoms with Crippen LogP contribution in [-0.4, -0.2) is 48.1 Å². The number of imidazole rings is 1. The second-order valence-electron chi connectivity index (χ2n) is 7.63. The molecular weight excluding hydrogens is 507 g/mol. The molecule has 0 aliphatic carbocycles. The van der Waals surface area contributed by atoms with Crippen LogP contribution in [0, 0.1) is 18.0 Å². The number of Topliss-reactive ketones (excluding diaryl/α,β-unsaturated/α-hetero) is 1. The number of nitriles is 1. The summed E-state index contributed by atoms with van der Waals surface area (Å²) in [4.78, 5) is 28.2. The zero-order chi connectivity index (χ0) is 28.0. The molecule has 1 N–H and O–H groups in total. The minimum Gasteiger partial charge on any atom is -0.495 e. The molecule has 0 aliphatic heterocycles. The fraction of sp³-hybridized carbons (Fsp3) is 0.259. The van der Waals surface area contributed by atoms with Crippen molar-refractivity contribution < 1.29 is 27.9 Å². The van der Waals surface area contributed by atoms with Crippen LogP contribution in [0.5, 0.6) is 5.75 Å². The Bertz CT molecular complexity index is 1320. The van der Waals surface area contributed by atoms with Crippen molar-refractivity contribution in [2.45, 2.75) is 20.8 Å². The van der Waals surface area contributed by atoms with Crippen molar-refractivity contribution in [2.75, 3.05) is 26.9 Å². The molecule has 0 bridgehead atoms. The van der Waals surface area contributed by atoms with Crippen LogP contribution in [0.2, 0.25) is 0 Å². The van der Waals surface area contributed by atoms with E-state index < -0.39 is 7.60 Å². The zero-order valence-electron chi connectivity index (χ0n) is 21.8. The molecule has 3 aromatic rings. The van der Waals surface area contributed by atoms with Gasteiger partial charge in [-0.3, -0.25) is 18.6 Å². The fourth-order valence-electron chi connectivity index (χ4n) is 3.12. The number of carbonyl (C=O) groups is 2. The van der Waals surface area contributed by atoms with Gasteiger partial charge in [-0.25, -0.2) is 9.55 Å². The van der Waals surface area contributed by atoms with E-state index in [0.717, 1.165) is 16.9 Å². The first kappa shape index (κ1) is 30.2. The van der Waals surface area contributed by atoms with E-state index in [0.29, 0.717) is 11.3 Å². The van der Waals surface area contributed by atoms with Crippen LogP contribution in [0.4, 0.5) is 0 Å². The molecule has 10 nitrogen and oxygen atoms in total. The third-order valence-electron chi connectivity index (χ3n) is 4.86. The molecule has 3 rings (SSSR count). The molecule has 0 unspecified atom stereocenters. The molecule has 200 valence electrons. The molecule has 0 saturated heterocycles. The zero-order valence-corrected chi connectivity index (χ0v) is 22.7. The first-order valence-electron chi connectivity index (χ1n) is 11.8. The maximum Gasteiger partial charge on any atom is 0.431 e. The number of benzene rings is 2. The Kier molecular flexibility index (Phi) is 12.1. The fourth-order valence-corrected chi connectivity index (χ4v) is 3.99. The summed E-state index contributed by atoms with van der Waals surface area (Å²) in [5.74, 6) is 1.69. The van der Waals surface area contributed by atoms with Gasteiger partial charge in [0.2, 0.25) is 5.91 Å². The number of aromatic nitrogens is 2. The highest BCUT2D eigenvalue weighted by atomic mass is 31.2. The SMILES string of the molecule is CCOP(=O)(C#N)OCC.COc1cc(/C=C/C(=O)NCC(=O)c2ccccc2)ccc1-n1cnc(C)c1. The van der Waals surface area contributed by atoms with Crippen molar-refractivity contribution >= 4 is 25.4 Å². The van der Waals surface area contributed by atoms with Crippen LogP contribution in [0.25, 0.3) is 11.8 Å². The first-order chi connectivity index (χ1) is 18.2. The van der Waals surface area contributed by atoms with E-state index in [9.17, 15) is 14.2 Å². The van der Waals surface area contributed by atoms with Crippen LogP contribution in [0.15, 0.2) is 67.1 Å². The molecule has 11 heteroatoms. The van der Waals surface area contributed by atoms with Crippen molar-refractivity contribution in [3.63, 3.8) is 0 Å². The van der Waals surface area contributed by atoms with Crippen LogP contribution in [0.3, 0.4) is 0 Å². The largest absolute Gasteiger partial charge is 0.495 e. The third-order valence-corrected chi connectivity index (χ3v) is 6.30. The quantitative estimate of drug-likeness (QED) is 0.206. The maximum atomic E-state index is 12.0. The number of hydrogen-bond donors (Lipinski definition) is 1. The monoisotopic (exact) mass is 538 g/mol. The minimum absolute atomic E-state index is 0.0462. The summed E-state index contributed by atoms with van der Waals surface area (Å²) < 4.78 is 27.5. The van der Waals surface area contributed by atoms with Gasteiger partial charge in [0.05, 0.1) is 44.6 Å². The molecule has 2 aromatic carbocycles. The number of carbonyl (C=O) groups excluding carboxylic acids is 2. The maximum absolute atomic E-state index is 12.0. The Morgan fingerprint density at radius 1 is 1.13 bits per heavy atom. The molecule has 38 heavy (non-hydrogen) atoms. The Hall–Kier alpha value is -4.03. The van der Waals surface area contributed by atoms with Gasteiger partial charge in [0.1, 0.15) is 5.75 Å². The van der Waals surface area contributed by atoms with E-state index in [4.69, 9.17) is 10.00 Å². The predicted molar refractivity (Wildman–Crippen MR) is 144 cm³/mol. The van der Waals surface area contributed by atoms with Crippen LogP contribution in [0.1, 0.15) is 35.5 Å². The van der Waals surface area contributed by atoms with E-state index in [2.05, 4.69) is 19.3 Å². The van der Waals surface area contributed by atoms with E-state index >= 15 is 0 Å². The summed E-state index contributed by atoms with van der Waals surface area (Å²) in [5.41, 5.74) is 3.15. The van der Waals surface area contributed by atoms with Gasteiger partial charge in [-0.2, -0.15) is 5.26 Å². The second kappa shape index (κ2) is 15.3. The van der Waals surface area contributed by atoms with Crippen LogP contribution >= 0.6 is 7.60 Å². The number of amides is 1. The van der Waals surface area contributed by atoms with Gasteiger partial charge in [-0.05, 0) is 44.5 Å². The molecule has 0 saturated carbocycles. The lowest BCUT2D eigenvalue weighted by atomic mass is 10.1. The van der Waals surface area contributed by atoms with Crippen molar-refractivity contribution in [3.8, 4) is 17.2 Å². The Balaban J connectivity index is 0.000000432. The molecule has 1 heterocycles. The molecule has 0 aliphatic rings. The average Bonchev–Trinajstić information content (AvgIpc) is 3.37. The van der Waals surface area contributed by atoms with E-state index in [1.807, 2.05) is 42.0 Å². The highest BCUT2D eigenvalue weighted by Gasteiger charge is 2.21. The number of ether oxygens (including phenoxy) is 1. The number of methoxy groups -OCH3 is 1. The van der Waals surface area contributed by atoms with Crippen molar-refractivity contribution in [2.24, 2.45) is 0 Å². The smallest absolute Gasteiger partial charge is 0.431 e. The summed E-state index contributed by atoms with van der Waals surface area (Å²) >= 11 is 0. The molecule has 0 fully saturated rings. The summed E-state index contributed by atoms with van der Waals surface area (Å²) in [5, 5.41) is 10.9. The number of aryl methyl sites for hydroxylation is 1. The Morgan fingerprint density at radius 2 is 1.82 bits per heavy atom. The molecule has 0 spiro atoms. The second-order valence-corrected chi connectivity index (χ2v) is 9.34. The third kappa shape index (κ3) is 9.45. The van der Waals surface area contributed by atoms with E-state index in [-0.39, 0.29) is 31.4 Å². The highest BCUT2D eigenvalue weighted by molar-refractivity contribution is 7.59. The van der Waals surface area contributed by atoms with Crippen LogP contribution in [-0.2, 0) is 18.4 Å².